The van der Waals surface area contributed by atoms with E-state index in [2.05, 4.69) is 43.1 Å². The van der Waals surface area contributed by atoms with Crippen LogP contribution < -0.4 is 16.4 Å². The molecule has 0 radical (unpaired) electrons. The summed E-state index contributed by atoms with van der Waals surface area (Å²) in [6, 6.07) is 14.1. The first-order valence-corrected chi connectivity index (χ1v) is 10.9. The number of benzene rings is 2. The van der Waals surface area contributed by atoms with Gasteiger partial charge in [-0.3, -0.25) is 0 Å². The molecule has 3 rings (SSSR count). The van der Waals surface area contributed by atoms with Gasteiger partial charge in [-0.25, -0.2) is 0 Å². The molecule has 0 amide bonds. The smallest absolute Gasteiger partial charge is 0.147 e. The number of halogens is 1. The Labute approximate surface area is 180 Å². The van der Waals surface area contributed by atoms with Gasteiger partial charge in [0.25, 0.3) is 0 Å². The van der Waals surface area contributed by atoms with Gasteiger partial charge in [0.05, 0.1) is 4.70 Å². The minimum absolute atomic E-state index is 0.454. The lowest BCUT2D eigenvalue weighted by Crippen LogP contribution is -2.08. The topological polar surface area (TPSA) is 80.0 Å². The second-order valence-electron chi connectivity index (χ2n) is 5.52. The van der Waals surface area contributed by atoms with Crippen molar-refractivity contribution in [1.82, 2.24) is 4.37 Å². The van der Waals surface area contributed by atoms with Crippen LogP contribution in [-0.2, 0) is 11.2 Å². The molecule has 152 valence electrons. The number of nitrogens with zero attached hydrogens (tertiary/aromatic N) is 1. The fourth-order valence-corrected chi connectivity index (χ4v) is 3.55. The number of nitrogens with one attached hydrogen (secondary N) is 2. The Morgan fingerprint density at radius 1 is 1.21 bits per heavy atom. The molecule has 0 spiro atoms. The van der Waals surface area contributed by atoms with Crippen molar-refractivity contribution in [2.24, 2.45) is 5.73 Å². The van der Waals surface area contributed by atoms with E-state index in [9.17, 15) is 4.79 Å². The summed E-state index contributed by atoms with van der Waals surface area (Å²) in [4.78, 5) is 10.3. The number of carbonyl (C=O) groups excluding carboxylic acids is 1. The Balaban J connectivity index is 0.000000260. The first-order chi connectivity index (χ1) is 13.7. The van der Waals surface area contributed by atoms with Crippen LogP contribution in [-0.4, -0.2) is 30.8 Å². The summed E-state index contributed by atoms with van der Waals surface area (Å²) in [5, 5.41) is 7.52. The van der Waals surface area contributed by atoms with Crippen molar-refractivity contribution in [3.63, 3.8) is 0 Å². The molecule has 5 nitrogen and oxygen atoms in total. The molecule has 1 heterocycles. The van der Waals surface area contributed by atoms with E-state index in [0.717, 1.165) is 47.3 Å². The predicted octanol–water partition coefficient (Wildman–Crippen LogP) is 5.32. The molecule has 0 saturated heterocycles. The van der Waals surface area contributed by atoms with Crippen LogP contribution in [0, 0.1) is 0 Å². The molecular formula is C21H29BrN4OS. The van der Waals surface area contributed by atoms with Gasteiger partial charge in [-0.05, 0) is 60.4 Å². The SMILES string of the molecule is CC.CNc1ccc(Br)cc1CC=O.NCCCNc1nsc2ccccc12. The van der Waals surface area contributed by atoms with E-state index in [0.29, 0.717) is 6.42 Å². The molecule has 0 unspecified atom stereocenters. The van der Waals surface area contributed by atoms with E-state index < -0.39 is 0 Å². The Hall–Kier alpha value is -1.96. The quantitative estimate of drug-likeness (QED) is 0.325. The second kappa shape index (κ2) is 14.1. The fourth-order valence-electron chi connectivity index (χ4n) is 2.39. The highest BCUT2D eigenvalue weighted by Gasteiger charge is 2.03. The third-order valence-corrected chi connectivity index (χ3v) is 5.01. The molecular weight excluding hydrogens is 436 g/mol. The molecule has 0 saturated carbocycles. The van der Waals surface area contributed by atoms with Crippen molar-refractivity contribution in [2.75, 3.05) is 30.8 Å². The number of fused-ring (bicyclic) bond motifs is 1. The summed E-state index contributed by atoms with van der Waals surface area (Å²) in [5.41, 5.74) is 7.44. The van der Waals surface area contributed by atoms with E-state index in [4.69, 9.17) is 5.73 Å². The first kappa shape index (κ1) is 24.1. The molecule has 7 heteroatoms. The molecule has 1 aromatic heterocycles. The summed E-state index contributed by atoms with van der Waals surface area (Å²) in [5.74, 6) is 0.985. The number of hydrogen-bond donors (Lipinski definition) is 3. The zero-order chi connectivity index (χ0) is 20.8. The van der Waals surface area contributed by atoms with Crippen LogP contribution in [0.15, 0.2) is 46.9 Å². The number of anilines is 2. The number of aldehydes is 1. The van der Waals surface area contributed by atoms with Gasteiger partial charge in [-0.2, -0.15) is 4.37 Å². The monoisotopic (exact) mass is 464 g/mol. The minimum Gasteiger partial charge on any atom is -0.388 e. The maximum Gasteiger partial charge on any atom is 0.147 e. The van der Waals surface area contributed by atoms with Gasteiger partial charge in [-0.15, -0.1) is 0 Å². The maximum atomic E-state index is 10.3. The van der Waals surface area contributed by atoms with Crippen molar-refractivity contribution < 1.29 is 4.79 Å². The first-order valence-electron chi connectivity index (χ1n) is 9.37. The van der Waals surface area contributed by atoms with Crippen LogP contribution in [0.5, 0.6) is 0 Å². The number of carbonyl (C=O) groups is 1. The average molecular weight is 465 g/mol. The lowest BCUT2D eigenvalue weighted by molar-refractivity contribution is -0.107. The highest BCUT2D eigenvalue weighted by molar-refractivity contribution is 9.10. The summed E-state index contributed by atoms with van der Waals surface area (Å²) in [6.45, 7) is 5.61. The largest absolute Gasteiger partial charge is 0.388 e. The van der Waals surface area contributed by atoms with Crippen molar-refractivity contribution >= 4 is 55.3 Å². The molecule has 0 bridgehead atoms. The van der Waals surface area contributed by atoms with Gasteiger partial charge in [-0.1, -0.05) is 41.9 Å². The highest BCUT2D eigenvalue weighted by Crippen LogP contribution is 2.25. The zero-order valence-electron chi connectivity index (χ0n) is 16.7. The van der Waals surface area contributed by atoms with E-state index in [1.807, 2.05) is 51.2 Å². The molecule has 0 fully saturated rings. The van der Waals surface area contributed by atoms with Crippen LogP contribution in [0.1, 0.15) is 25.8 Å². The lowest BCUT2D eigenvalue weighted by Gasteiger charge is -2.06. The standard InChI is InChI=1S/C10H13N3S.C9H10BrNO.C2H6/c11-6-3-7-12-10-8-4-1-2-5-9(8)14-13-10;1-11-9-3-2-8(10)6-7(9)4-5-12;1-2/h1-2,4-5H,3,6-7,11H2,(H,12,13);2-3,5-6,11H,4H2,1H3;1-2H3. The van der Waals surface area contributed by atoms with Gasteiger partial charge in [0, 0.05) is 35.6 Å². The maximum absolute atomic E-state index is 10.3. The van der Waals surface area contributed by atoms with Gasteiger partial charge in [0.15, 0.2) is 0 Å². The lowest BCUT2D eigenvalue weighted by atomic mass is 10.1. The number of rotatable bonds is 7. The summed E-state index contributed by atoms with van der Waals surface area (Å²) in [7, 11) is 1.84. The number of aromatic nitrogens is 1. The van der Waals surface area contributed by atoms with E-state index in [-0.39, 0.29) is 0 Å². The van der Waals surface area contributed by atoms with Crippen LogP contribution in [0.3, 0.4) is 0 Å². The highest BCUT2D eigenvalue weighted by atomic mass is 79.9. The van der Waals surface area contributed by atoms with Crippen molar-refractivity contribution in [3.8, 4) is 0 Å². The van der Waals surface area contributed by atoms with E-state index in [1.54, 1.807) is 0 Å². The average Bonchev–Trinajstić information content (AvgIpc) is 3.14. The Kier molecular flexibility index (Phi) is 12.1. The molecule has 0 aliphatic rings. The van der Waals surface area contributed by atoms with Crippen LogP contribution in [0.2, 0.25) is 0 Å². The molecule has 3 aromatic rings. The molecule has 4 N–H and O–H groups in total. The number of nitrogens with two attached hydrogens (primary N) is 1. The fraction of sp³-hybridized carbons (Fsp3) is 0.333. The zero-order valence-corrected chi connectivity index (χ0v) is 19.1. The van der Waals surface area contributed by atoms with E-state index >= 15 is 0 Å². The van der Waals surface area contributed by atoms with Crippen LogP contribution in [0.4, 0.5) is 11.5 Å². The van der Waals surface area contributed by atoms with Crippen molar-refractivity contribution in [3.05, 3.63) is 52.5 Å². The normalized spacial score (nSPS) is 9.61. The third kappa shape index (κ3) is 7.58. The predicted molar refractivity (Wildman–Crippen MR) is 127 cm³/mol. The number of hydrogen-bond acceptors (Lipinski definition) is 6. The van der Waals surface area contributed by atoms with E-state index in [1.165, 1.54) is 21.6 Å². The van der Waals surface area contributed by atoms with Gasteiger partial charge >= 0.3 is 0 Å². The van der Waals surface area contributed by atoms with Gasteiger partial charge in [0.1, 0.15) is 12.1 Å². The summed E-state index contributed by atoms with van der Waals surface area (Å²) in [6.07, 6.45) is 2.34. The second-order valence-corrected chi connectivity index (χ2v) is 7.24. The van der Waals surface area contributed by atoms with Crippen LogP contribution in [0.25, 0.3) is 10.1 Å². The molecule has 0 aliphatic heterocycles. The summed E-state index contributed by atoms with van der Waals surface area (Å²) >= 11 is 4.88. The molecule has 0 aliphatic carbocycles. The molecule has 2 aromatic carbocycles. The van der Waals surface area contributed by atoms with Crippen molar-refractivity contribution in [2.45, 2.75) is 26.7 Å². The van der Waals surface area contributed by atoms with Gasteiger partial charge < -0.3 is 21.2 Å². The third-order valence-electron chi connectivity index (χ3n) is 3.69. The Bertz CT molecular complexity index is 838. The minimum atomic E-state index is 0.454. The Morgan fingerprint density at radius 3 is 2.64 bits per heavy atom. The molecule has 0 atom stereocenters. The van der Waals surface area contributed by atoms with Crippen molar-refractivity contribution in [1.29, 1.82) is 0 Å². The summed E-state index contributed by atoms with van der Waals surface area (Å²) < 4.78 is 6.58. The molecule has 28 heavy (non-hydrogen) atoms. The van der Waals surface area contributed by atoms with Gasteiger partial charge in [0.2, 0.25) is 0 Å². The Morgan fingerprint density at radius 2 is 1.96 bits per heavy atom. The van der Waals surface area contributed by atoms with Crippen LogP contribution >= 0.6 is 27.5 Å².